The van der Waals surface area contributed by atoms with Gasteiger partial charge in [0.05, 0.1) is 12.0 Å². The summed E-state index contributed by atoms with van der Waals surface area (Å²) in [5, 5.41) is 0.654. The van der Waals surface area contributed by atoms with Crippen LogP contribution in [0.1, 0.15) is 69.8 Å². The molecule has 2 saturated heterocycles. The third kappa shape index (κ3) is 5.85. The number of piperidine rings is 2. The molecule has 5 nitrogen and oxygen atoms in total. The van der Waals surface area contributed by atoms with Crippen LogP contribution in [0.3, 0.4) is 0 Å². The van der Waals surface area contributed by atoms with Gasteiger partial charge in [-0.3, -0.25) is 9.59 Å². The number of rotatable bonds is 7. The highest BCUT2D eigenvalue weighted by molar-refractivity contribution is 6.30. The van der Waals surface area contributed by atoms with Gasteiger partial charge in [0.15, 0.2) is 0 Å². The average molecular weight is 541 g/mol. The Morgan fingerprint density at radius 2 is 1.42 bits per heavy atom. The first-order valence-corrected chi connectivity index (χ1v) is 14.5. The summed E-state index contributed by atoms with van der Waals surface area (Å²) >= 11 is 6.04. The second kappa shape index (κ2) is 11.6. The number of ether oxygens (including phenoxy) is 1. The van der Waals surface area contributed by atoms with Crippen LogP contribution in [0.25, 0.3) is 0 Å². The van der Waals surface area contributed by atoms with Gasteiger partial charge in [-0.15, -0.1) is 0 Å². The lowest BCUT2D eigenvalue weighted by molar-refractivity contribution is -0.142. The zero-order valence-electron chi connectivity index (χ0n) is 22.1. The summed E-state index contributed by atoms with van der Waals surface area (Å²) in [5.74, 6) is 0.800. The molecule has 7 heteroatoms. The first kappa shape index (κ1) is 27.0. The Bertz CT molecular complexity index is 1100. The van der Waals surface area contributed by atoms with Crippen molar-refractivity contribution in [2.45, 2.75) is 69.6 Å². The zero-order chi connectivity index (χ0) is 26.6. The van der Waals surface area contributed by atoms with Gasteiger partial charge in [0.2, 0.25) is 11.8 Å². The number of hydrogen-bond acceptors (Lipinski definition) is 3. The molecule has 3 aliphatic rings. The second-order valence-electron chi connectivity index (χ2n) is 11.4. The maximum absolute atomic E-state index is 14.0. The highest BCUT2D eigenvalue weighted by Gasteiger charge is 2.47. The molecule has 2 amide bonds. The fourth-order valence-corrected chi connectivity index (χ4v) is 6.70. The zero-order valence-corrected chi connectivity index (χ0v) is 22.9. The van der Waals surface area contributed by atoms with Crippen molar-refractivity contribution in [3.63, 3.8) is 0 Å². The van der Waals surface area contributed by atoms with Gasteiger partial charge in [0.25, 0.3) is 0 Å². The van der Waals surface area contributed by atoms with Crippen molar-refractivity contribution >= 4 is 23.4 Å². The molecule has 0 spiro atoms. The molecule has 2 aliphatic heterocycles. The lowest BCUT2D eigenvalue weighted by Gasteiger charge is -2.44. The van der Waals surface area contributed by atoms with Gasteiger partial charge in [0, 0.05) is 43.0 Å². The Morgan fingerprint density at radius 1 is 0.789 bits per heavy atom. The highest BCUT2D eigenvalue weighted by atomic mass is 35.5. The lowest BCUT2D eigenvalue weighted by atomic mass is 9.73. The molecule has 2 aromatic carbocycles. The molecule has 3 fully saturated rings. The van der Waals surface area contributed by atoms with Crippen molar-refractivity contribution in [2.75, 3.05) is 32.8 Å². The second-order valence-corrected chi connectivity index (χ2v) is 11.9. The smallest absolute Gasteiger partial charge is 0.233 e. The van der Waals surface area contributed by atoms with E-state index in [0.29, 0.717) is 44.0 Å². The summed E-state index contributed by atoms with van der Waals surface area (Å²) < 4.78 is 19.9. The quantitative estimate of drug-likeness (QED) is 0.409. The van der Waals surface area contributed by atoms with E-state index in [4.69, 9.17) is 16.3 Å². The maximum atomic E-state index is 14.0. The predicted molar refractivity (Wildman–Crippen MR) is 147 cm³/mol. The number of nitrogens with zero attached hydrogens (tertiary/aromatic N) is 2. The number of likely N-dealkylation sites (tertiary alicyclic amines) is 2. The van der Waals surface area contributed by atoms with E-state index in [1.807, 2.05) is 21.9 Å². The van der Waals surface area contributed by atoms with Crippen LogP contribution in [-0.4, -0.2) is 54.4 Å². The summed E-state index contributed by atoms with van der Waals surface area (Å²) in [6.07, 6.45) is 8.77. The van der Waals surface area contributed by atoms with Crippen molar-refractivity contribution in [3.8, 4) is 5.75 Å². The SMILES string of the molecule is O=C(CC1(COc2ccc(Cl)cc2)CCN(C(=O)C2(c3ccc(F)cc3)CCCC2)CC1)N1CCCCC1. The first-order chi connectivity index (χ1) is 18.4. The molecule has 2 aromatic rings. The molecule has 5 rings (SSSR count). The Kier molecular flexibility index (Phi) is 8.27. The van der Waals surface area contributed by atoms with E-state index < -0.39 is 5.41 Å². The summed E-state index contributed by atoms with van der Waals surface area (Å²) in [5.41, 5.74) is 0.0189. The molecule has 1 saturated carbocycles. The number of carbonyl (C=O) groups excluding carboxylic acids is 2. The number of amides is 2. The lowest BCUT2D eigenvalue weighted by Crippen LogP contribution is -2.52. The molecule has 2 heterocycles. The van der Waals surface area contributed by atoms with Gasteiger partial charge in [-0.1, -0.05) is 36.6 Å². The van der Waals surface area contributed by atoms with Gasteiger partial charge in [-0.05, 0) is 86.9 Å². The van der Waals surface area contributed by atoms with E-state index in [2.05, 4.69) is 0 Å². The van der Waals surface area contributed by atoms with Crippen LogP contribution in [0, 0.1) is 11.2 Å². The third-order valence-corrected chi connectivity index (χ3v) is 9.22. The summed E-state index contributed by atoms with van der Waals surface area (Å²) in [4.78, 5) is 31.4. The fourth-order valence-electron chi connectivity index (χ4n) is 6.58. The van der Waals surface area contributed by atoms with E-state index in [9.17, 15) is 14.0 Å². The molecule has 0 bridgehead atoms. The first-order valence-electron chi connectivity index (χ1n) is 14.1. The number of halogens is 2. The molecule has 0 aromatic heterocycles. The van der Waals surface area contributed by atoms with Gasteiger partial charge in [0.1, 0.15) is 11.6 Å². The molecule has 0 atom stereocenters. The van der Waals surface area contributed by atoms with Crippen molar-refractivity contribution < 1.29 is 18.7 Å². The predicted octanol–water partition coefficient (Wildman–Crippen LogP) is 6.38. The van der Waals surface area contributed by atoms with Crippen molar-refractivity contribution in [1.29, 1.82) is 0 Å². The van der Waals surface area contributed by atoms with Crippen molar-refractivity contribution in [3.05, 3.63) is 64.9 Å². The van der Waals surface area contributed by atoms with Crippen LogP contribution < -0.4 is 4.74 Å². The van der Waals surface area contributed by atoms with Gasteiger partial charge < -0.3 is 14.5 Å². The van der Waals surface area contributed by atoms with Crippen LogP contribution in [0.2, 0.25) is 5.02 Å². The molecular weight excluding hydrogens is 503 g/mol. The van der Waals surface area contributed by atoms with Crippen LogP contribution in [-0.2, 0) is 15.0 Å². The van der Waals surface area contributed by atoms with Gasteiger partial charge >= 0.3 is 0 Å². The van der Waals surface area contributed by atoms with Crippen molar-refractivity contribution in [2.24, 2.45) is 5.41 Å². The van der Waals surface area contributed by atoms with E-state index in [1.165, 1.54) is 18.6 Å². The summed E-state index contributed by atoms with van der Waals surface area (Å²) in [7, 11) is 0. The number of benzene rings is 2. The average Bonchev–Trinajstić information content (AvgIpc) is 3.45. The fraction of sp³-hybridized carbons (Fsp3) is 0.548. The van der Waals surface area contributed by atoms with Crippen LogP contribution in [0.4, 0.5) is 4.39 Å². The minimum absolute atomic E-state index is 0.149. The van der Waals surface area contributed by atoms with Crippen LogP contribution in [0.15, 0.2) is 48.5 Å². The number of carbonyl (C=O) groups is 2. The monoisotopic (exact) mass is 540 g/mol. The standard InChI is InChI=1S/C31H38ClFN2O3/c32-25-8-12-27(13-9-25)38-23-30(22-28(36)34-18-4-1-5-19-34)16-20-35(21-17-30)29(37)31(14-2-3-15-31)24-6-10-26(33)11-7-24/h6-13H,1-5,14-23H2. The van der Waals surface area contributed by atoms with Crippen LogP contribution in [0.5, 0.6) is 5.75 Å². The molecule has 1 aliphatic carbocycles. The van der Waals surface area contributed by atoms with E-state index in [-0.39, 0.29) is 23.0 Å². The highest BCUT2D eigenvalue weighted by Crippen LogP contribution is 2.45. The van der Waals surface area contributed by atoms with E-state index >= 15 is 0 Å². The Hall–Kier alpha value is -2.60. The topological polar surface area (TPSA) is 49.9 Å². The molecule has 0 radical (unpaired) electrons. The Labute approximate surface area is 230 Å². The number of hydrogen-bond donors (Lipinski definition) is 0. The molecular formula is C31H38ClFN2O3. The van der Waals surface area contributed by atoms with Gasteiger partial charge in [-0.25, -0.2) is 4.39 Å². The van der Waals surface area contributed by atoms with E-state index in [1.54, 1.807) is 24.3 Å². The Morgan fingerprint density at radius 3 is 2.05 bits per heavy atom. The Balaban J connectivity index is 1.31. The third-order valence-electron chi connectivity index (χ3n) is 8.97. The molecule has 38 heavy (non-hydrogen) atoms. The maximum Gasteiger partial charge on any atom is 0.233 e. The minimum Gasteiger partial charge on any atom is -0.493 e. The normalized spacial score (nSPS) is 20.8. The molecule has 0 unspecified atom stereocenters. The molecule has 0 N–H and O–H groups in total. The van der Waals surface area contributed by atoms with Gasteiger partial charge in [-0.2, -0.15) is 0 Å². The molecule has 204 valence electrons. The summed E-state index contributed by atoms with van der Waals surface area (Å²) in [6, 6.07) is 13.8. The summed E-state index contributed by atoms with van der Waals surface area (Å²) in [6.45, 7) is 3.28. The largest absolute Gasteiger partial charge is 0.493 e. The van der Waals surface area contributed by atoms with E-state index in [0.717, 1.165) is 62.9 Å². The van der Waals surface area contributed by atoms with Crippen molar-refractivity contribution in [1.82, 2.24) is 9.80 Å². The van der Waals surface area contributed by atoms with Crippen LogP contribution >= 0.6 is 11.6 Å². The minimum atomic E-state index is -0.572.